The lowest BCUT2D eigenvalue weighted by atomic mass is 10.1. The second kappa shape index (κ2) is 13.6. The van der Waals surface area contributed by atoms with Crippen molar-refractivity contribution in [1.29, 1.82) is 0 Å². The summed E-state index contributed by atoms with van der Waals surface area (Å²) in [4.78, 5) is 11.8. The molecule has 0 spiro atoms. The van der Waals surface area contributed by atoms with E-state index in [0.717, 1.165) is 19.3 Å². The van der Waals surface area contributed by atoms with Gasteiger partial charge in [0.15, 0.2) is 0 Å². The maximum atomic E-state index is 12.6. The summed E-state index contributed by atoms with van der Waals surface area (Å²) < 4.78 is 33.8. The molecule has 0 radical (unpaired) electrons. The van der Waals surface area contributed by atoms with E-state index < -0.39 is 7.82 Å². The number of unbranched alkanes of at least 4 members (excludes halogenated alkanes) is 4. The lowest BCUT2D eigenvalue weighted by Gasteiger charge is -2.17. The van der Waals surface area contributed by atoms with E-state index in [1.54, 1.807) is 24.3 Å². The summed E-state index contributed by atoms with van der Waals surface area (Å²) in [5.74, 6) is 0.882. The zero-order chi connectivity index (χ0) is 20.8. The molecule has 1 aromatic carbocycles. The second-order valence-electron chi connectivity index (χ2n) is 6.71. The first-order chi connectivity index (χ1) is 13.4. The van der Waals surface area contributed by atoms with Gasteiger partial charge >= 0.3 is 7.82 Å². The van der Waals surface area contributed by atoms with Crippen molar-refractivity contribution in [2.24, 2.45) is 0 Å². The number of benzene rings is 1. The number of rotatable bonds is 15. The van der Waals surface area contributed by atoms with Crippen LogP contribution in [0.1, 0.15) is 59.3 Å². The molecule has 0 aromatic heterocycles. The molecular formula is C20H34NO6P. The third-order valence-electron chi connectivity index (χ3n) is 3.80. The molecule has 1 atom stereocenters. The summed E-state index contributed by atoms with van der Waals surface area (Å²) in [6.07, 6.45) is 5.98. The minimum atomic E-state index is -3.78. The molecule has 7 nitrogen and oxygen atoms in total. The molecule has 0 aliphatic rings. The highest BCUT2D eigenvalue weighted by Gasteiger charge is 2.27. The topological polar surface area (TPSA) is 83.1 Å². The van der Waals surface area contributed by atoms with E-state index in [4.69, 9.17) is 18.3 Å². The molecule has 1 unspecified atom stereocenters. The Bertz CT molecular complexity index is 622. The van der Waals surface area contributed by atoms with Crippen LogP contribution in [-0.4, -0.2) is 32.3 Å². The molecule has 28 heavy (non-hydrogen) atoms. The van der Waals surface area contributed by atoms with Gasteiger partial charge in [-0.25, -0.2) is 4.57 Å². The fraction of sp³-hybridized carbons (Fsp3) is 0.650. The van der Waals surface area contributed by atoms with Crippen LogP contribution >= 0.6 is 7.82 Å². The van der Waals surface area contributed by atoms with Crippen LogP contribution in [0.3, 0.4) is 0 Å². The summed E-state index contributed by atoms with van der Waals surface area (Å²) in [5.41, 5.74) is 0. The molecule has 1 N–H and O–H groups in total. The number of ether oxygens (including phenoxy) is 1. The molecule has 160 valence electrons. The van der Waals surface area contributed by atoms with E-state index in [2.05, 4.69) is 12.2 Å². The van der Waals surface area contributed by atoms with E-state index >= 15 is 0 Å². The molecule has 0 aliphatic heterocycles. The Hall–Kier alpha value is -1.56. The van der Waals surface area contributed by atoms with Crippen molar-refractivity contribution in [3.05, 3.63) is 24.3 Å². The Labute approximate surface area is 168 Å². The van der Waals surface area contributed by atoms with Crippen LogP contribution in [0.2, 0.25) is 0 Å². The fourth-order valence-corrected chi connectivity index (χ4v) is 3.37. The molecule has 0 aliphatic carbocycles. The molecule has 0 saturated carbocycles. The number of phosphoric ester groups is 1. The molecule has 1 amide bonds. The largest absolute Gasteiger partial charge is 0.529 e. The second-order valence-corrected chi connectivity index (χ2v) is 8.41. The Morgan fingerprint density at radius 2 is 1.86 bits per heavy atom. The van der Waals surface area contributed by atoms with E-state index in [1.165, 1.54) is 20.0 Å². The molecule has 0 fully saturated rings. The standard InChI is InChI=1S/C20H34NO6P/c1-5-6-7-8-9-13-20(22)21-14-15-25-28(23,24-4)27-19-12-10-11-18(16-19)26-17(2)3/h10-12,16-17H,5-9,13-15H2,1-4H3,(H,21,22). The molecule has 1 rings (SSSR count). The van der Waals surface area contributed by atoms with Crippen LogP contribution in [0.4, 0.5) is 0 Å². The highest BCUT2D eigenvalue weighted by Crippen LogP contribution is 2.48. The van der Waals surface area contributed by atoms with E-state index in [-0.39, 0.29) is 25.2 Å². The van der Waals surface area contributed by atoms with Gasteiger partial charge in [0, 0.05) is 26.1 Å². The molecule has 1 aromatic rings. The van der Waals surface area contributed by atoms with Crippen LogP contribution in [0.5, 0.6) is 11.5 Å². The minimum absolute atomic E-state index is 0.0102. The molecule has 0 saturated heterocycles. The number of hydrogen-bond donors (Lipinski definition) is 1. The first-order valence-corrected chi connectivity index (χ1v) is 11.4. The van der Waals surface area contributed by atoms with Crippen molar-refractivity contribution in [3.63, 3.8) is 0 Å². The SMILES string of the molecule is CCCCCCCC(=O)NCCOP(=O)(OC)Oc1cccc(OC(C)C)c1. The number of amides is 1. The quantitative estimate of drug-likeness (QED) is 0.317. The van der Waals surface area contributed by atoms with Crippen molar-refractivity contribution >= 4 is 13.7 Å². The average Bonchev–Trinajstić information content (AvgIpc) is 2.65. The summed E-state index contributed by atoms with van der Waals surface area (Å²) in [6.45, 7) is 6.24. The van der Waals surface area contributed by atoms with Crippen LogP contribution in [-0.2, 0) is 18.4 Å². The van der Waals surface area contributed by atoms with Gasteiger partial charge in [0.05, 0.1) is 12.7 Å². The van der Waals surface area contributed by atoms with Gasteiger partial charge in [-0.1, -0.05) is 38.7 Å². The smallest absolute Gasteiger partial charge is 0.491 e. The van der Waals surface area contributed by atoms with Crippen molar-refractivity contribution in [2.75, 3.05) is 20.3 Å². The van der Waals surface area contributed by atoms with Gasteiger partial charge in [0.25, 0.3) is 0 Å². The summed E-state index contributed by atoms with van der Waals surface area (Å²) in [7, 11) is -2.52. The molecular weight excluding hydrogens is 381 g/mol. The fourth-order valence-electron chi connectivity index (χ4n) is 2.45. The van der Waals surface area contributed by atoms with Crippen molar-refractivity contribution < 1.29 is 27.7 Å². The van der Waals surface area contributed by atoms with Crippen LogP contribution in [0.25, 0.3) is 0 Å². The van der Waals surface area contributed by atoms with E-state index in [0.29, 0.717) is 17.9 Å². The summed E-state index contributed by atoms with van der Waals surface area (Å²) in [6, 6.07) is 6.77. The van der Waals surface area contributed by atoms with Gasteiger partial charge in [-0.2, -0.15) is 0 Å². The number of nitrogens with one attached hydrogen (secondary N) is 1. The predicted octanol–water partition coefficient (Wildman–Crippen LogP) is 5.10. The third kappa shape index (κ3) is 10.7. The Kier molecular flexibility index (Phi) is 11.9. The first-order valence-electron chi connectivity index (χ1n) is 9.92. The Morgan fingerprint density at radius 3 is 2.54 bits per heavy atom. The Balaban J connectivity index is 2.36. The van der Waals surface area contributed by atoms with Crippen LogP contribution < -0.4 is 14.6 Å². The van der Waals surface area contributed by atoms with Crippen LogP contribution in [0, 0.1) is 0 Å². The first kappa shape index (κ1) is 24.5. The highest BCUT2D eigenvalue weighted by atomic mass is 31.2. The third-order valence-corrected chi connectivity index (χ3v) is 5.18. The maximum Gasteiger partial charge on any atom is 0.529 e. The number of phosphoric acid groups is 1. The van der Waals surface area contributed by atoms with Gasteiger partial charge in [-0.05, 0) is 32.4 Å². The van der Waals surface area contributed by atoms with E-state index in [1.807, 2.05) is 13.8 Å². The number of carbonyl (C=O) groups is 1. The molecule has 0 bridgehead atoms. The number of hydrogen-bond acceptors (Lipinski definition) is 6. The lowest BCUT2D eigenvalue weighted by molar-refractivity contribution is -0.121. The normalized spacial score (nSPS) is 13.2. The van der Waals surface area contributed by atoms with E-state index in [9.17, 15) is 9.36 Å². The average molecular weight is 415 g/mol. The molecule has 8 heteroatoms. The van der Waals surface area contributed by atoms with Gasteiger partial charge in [0.2, 0.25) is 5.91 Å². The van der Waals surface area contributed by atoms with Crippen molar-refractivity contribution in [3.8, 4) is 11.5 Å². The summed E-state index contributed by atoms with van der Waals surface area (Å²) in [5, 5.41) is 2.75. The van der Waals surface area contributed by atoms with Gasteiger partial charge in [-0.15, -0.1) is 0 Å². The minimum Gasteiger partial charge on any atom is -0.491 e. The van der Waals surface area contributed by atoms with Gasteiger partial charge in [0.1, 0.15) is 11.5 Å². The lowest BCUT2D eigenvalue weighted by Crippen LogP contribution is -2.26. The molecule has 0 heterocycles. The van der Waals surface area contributed by atoms with Gasteiger partial charge < -0.3 is 14.6 Å². The monoisotopic (exact) mass is 415 g/mol. The van der Waals surface area contributed by atoms with Crippen molar-refractivity contribution in [1.82, 2.24) is 5.32 Å². The highest BCUT2D eigenvalue weighted by molar-refractivity contribution is 7.48. The summed E-state index contributed by atoms with van der Waals surface area (Å²) >= 11 is 0. The zero-order valence-electron chi connectivity index (χ0n) is 17.4. The number of carbonyl (C=O) groups excluding carboxylic acids is 1. The van der Waals surface area contributed by atoms with Crippen LogP contribution in [0.15, 0.2) is 24.3 Å². The van der Waals surface area contributed by atoms with Gasteiger partial charge in [-0.3, -0.25) is 13.8 Å². The Morgan fingerprint density at radius 1 is 1.14 bits per heavy atom. The zero-order valence-corrected chi connectivity index (χ0v) is 18.3. The van der Waals surface area contributed by atoms with Crippen molar-refractivity contribution in [2.45, 2.75) is 65.4 Å². The maximum absolute atomic E-state index is 12.6. The predicted molar refractivity (Wildman–Crippen MR) is 110 cm³/mol.